The Balaban J connectivity index is 1.55. The molecule has 0 radical (unpaired) electrons. The van der Waals surface area contributed by atoms with Crippen LogP contribution >= 0.6 is 9.47 Å². The van der Waals surface area contributed by atoms with Crippen molar-refractivity contribution in [2.24, 2.45) is 17.3 Å². The van der Waals surface area contributed by atoms with Crippen molar-refractivity contribution in [3.05, 3.63) is 29.3 Å². The average molecular weight is 386 g/mol. The van der Waals surface area contributed by atoms with Crippen LogP contribution in [0, 0.1) is 29.1 Å². The third-order valence-electron chi connectivity index (χ3n) is 7.72. The van der Waals surface area contributed by atoms with Crippen LogP contribution in [0.3, 0.4) is 0 Å². The summed E-state index contributed by atoms with van der Waals surface area (Å²) in [6.45, 7) is 2.98. The summed E-state index contributed by atoms with van der Waals surface area (Å²) in [6.07, 6.45) is 7.89. The second-order valence-electron chi connectivity index (χ2n) is 8.93. The fraction of sp³-hybridized carbons (Fsp3) is 0.652. The summed E-state index contributed by atoms with van der Waals surface area (Å²) in [7, 11) is 2.27. The standard InChI is InChI=1S/C23H31O3P/c1-22-12-9-19-18-8-6-17(24)15-16(18)5-7-20(19)21(22)10-13-23(22,25)11-3-2-4-14-26-27/h6,8,15,19-21,24-25H,2,4-5,7,9-10,12-14,27H2,1H3/t19-,20?,21+,22+,23+/m1/s1. The SMILES string of the molecule is C[C@]12CC[C@@H]3c4ccc(O)cc4CCC3[C@@H]1CC[C@@]2(O)C#CCCCOP. The molecule has 146 valence electrons. The van der Waals surface area contributed by atoms with Crippen molar-refractivity contribution in [1.29, 1.82) is 0 Å². The number of phenolic OH excluding ortho intramolecular Hbond substituents is 1. The second-order valence-corrected chi connectivity index (χ2v) is 9.26. The zero-order chi connectivity index (χ0) is 19.1. The number of benzene rings is 1. The molecule has 3 aliphatic carbocycles. The molecule has 0 bridgehead atoms. The molecule has 4 rings (SSSR count). The molecule has 0 saturated heterocycles. The highest BCUT2D eigenvalue weighted by Crippen LogP contribution is 2.64. The van der Waals surface area contributed by atoms with Crippen LogP contribution in [0.1, 0.15) is 68.9 Å². The van der Waals surface area contributed by atoms with Crippen LogP contribution < -0.4 is 0 Å². The Morgan fingerprint density at radius 3 is 2.93 bits per heavy atom. The van der Waals surface area contributed by atoms with E-state index in [4.69, 9.17) is 4.52 Å². The maximum absolute atomic E-state index is 11.5. The summed E-state index contributed by atoms with van der Waals surface area (Å²) < 4.78 is 5.01. The number of aliphatic hydroxyl groups is 1. The normalized spacial score (nSPS) is 36.9. The monoisotopic (exact) mass is 386 g/mol. The first-order valence-corrected chi connectivity index (χ1v) is 10.8. The van der Waals surface area contributed by atoms with Gasteiger partial charge in [-0.3, -0.25) is 0 Å². The van der Waals surface area contributed by atoms with Crippen molar-refractivity contribution in [1.82, 2.24) is 0 Å². The molecule has 0 spiro atoms. The highest BCUT2D eigenvalue weighted by molar-refractivity contribution is 7.09. The molecule has 1 aromatic carbocycles. The van der Waals surface area contributed by atoms with Gasteiger partial charge in [0.25, 0.3) is 0 Å². The molecule has 3 nitrogen and oxygen atoms in total. The predicted octanol–water partition coefficient (Wildman–Crippen LogP) is 4.57. The van der Waals surface area contributed by atoms with Crippen LogP contribution in [0.4, 0.5) is 0 Å². The molecular formula is C23H31O3P. The number of hydrogen-bond acceptors (Lipinski definition) is 3. The number of unbranched alkanes of at least 4 members (excludes halogenated alkanes) is 1. The number of phenols is 1. The zero-order valence-corrected chi connectivity index (χ0v) is 17.4. The highest BCUT2D eigenvalue weighted by atomic mass is 31.0. The molecule has 3 aliphatic rings. The first-order valence-electron chi connectivity index (χ1n) is 10.3. The highest BCUT2D eigenvalue weighted by Gasteiger charge is 2.61. The molecule has 1 aromatic rings. The van der Waals surface area contributed by atoms with E-state index in [0.717, 1.165) is 51.4 Å². The summed E-state index contributed by atoms with van der Waals surface area (Å²) in [5.41, 5.74) is 1.81. The predicted molar refractivity (Wildman–Crippen MR) is 110 cm³/mol. The summed E-state index contributed by atoms with van der Waals surface area (Å²) >= 11 is 0. The van der Waals surface area contributed by atoms with Crippen molar-refractivity contribution in [2.75, 3.05) is 6.61 Å². The lowest BCUT2D eigenvalue weighted by molar-refractivity contribution is -0.0648. The Labute approximate surface area is 165 Å². The Kier molecular flexibility index (Phi) is 5.28. The molecule has 2 fully saturated rings. The minimum Gasteiger partial charge on any atom is -0.508 e. The number of rotatable bonds is 3. The fourth-order valence-electron chi connectivity index (χ4n) is 6.24. The van der Waals surface area contributed by atoms with Crippen molar-refractivity contribution < 1.29 is 14.7 Å². The van der Waals surface area contributed by atoms with Gasteiger partial charge in [-0.15, -0.1) is 5.92 Å². The van der Waals surface area contributed by atoms with Crippen LogP contribution in [0.15, 0.2) is 18.2 Å². The van der Waals surface area contributed by atoms with Crippen LogP contribution in [-0.2, 0) is 10.9 Å². The van der Waals surface area contributed by atoms with Gasteiger partial charge in [-0.25, -0.2) is 0 Å². The number of hydrogen-bond donors (Lipinski definition) is 2. The van der Waals surface area contributed by atoms with Gasteiger partial charge >= 0.3 is 0 Å². The second kappa shape index (κ2) is 7.40. The fourth-order valence-corrected chi connectivity index (χ4v) is 6.41. The molecular weight excluding hydrogens is 355 g/mol. The van der Waals surface area contributed by atoms with Gasteiger partial charge in [0.05, 0.1) is 6.61 Å². The topological polar surface area (TPSA) is 49.7 Å². The smallest absolute Gasteiger partial charge is 0.131 e. The van der Waals surface area contributed by atoms with Gasteiger partial charge in [-0.1, -0.05) is 18.9 Å². The van der Waals surface area contributed by atoms with Gasteiger partial charge in [-0.05, 0) is 86.0 Å². The molecule has 0 aliphatic heterocycles. The number of aryl methyl sites for hydroxylation is 1. The third kappa shape index (κ3) is 3.21. The molecule has 4 heteroatoms. The van der Waals surface area contributed by atoms with Crippen LogP contribution in [-0.4, -0.2) is 22.4 Å². The summed E-state index contributed by atoms with van der Waals surface area (Å²) in [5.74, 6) is 8.64. The first-order chi connectivity index (χ1) is 13.0. The number of fused-ring (bicyclic) bond motifs is 5. The van der Waals surface area contributed by atoms with Crippen LogP contribution in [0.2, 0.25) is 0 Å². The molecule has 2 unspecified atom stereocenters. The van der Waals surface area contributed by atoms with Gasteiger partial charge in [0.2, 0.25) is 0 Å². The first kappa shape index (κ1) is 19.3. The number of aromatic hydroxyl groups is 1. The molecule has 0 aromatic heterocycles. The minimum absolute atomic E-state index is 0.104. The summed E-state index contributed by atoms with van der Waals surface area (Å²) in [5, 5.41) is 21.3. The van der Waals surface area contributed by atoms with Gasteiger partial charge in [0, 0.05) is 21.3 Å². The van der Waals surface area contributed by atoms with E-state index in [1.807, 2.05) is 12.1 Å². The van der Waals surface area contributed by atoms with E-state index in [1.54, 1.807) is 0 Å². The van der Waals surface area contributed by atoms with Crippen molar-refractivity contribution in [3.8, 4) is 17.6 Å². The van der Waals surface area contributed by atoms with Crippen molar-refractivity contribution >= 4 is 9.47 Å². The largest absolute Gasteiger partial charge is 0.508 e. The van der Waals surface area contributed by atoms with Crippen LogP contribution in [0.5, 0.6) is 5.75 Å². The Morgan fingerprint density at radius 1 is 1.26 bits per heavy atom. The summed E-state index contributed by atoms with van der Waals surface area (Å²) in [6, 6.07) is 5.93. The van der Waals surface area contributed by atoms with Gasteiger partial charge in [0.15, 0.2) is 0 Å². The van der Waals surface area contributed by atoms with Crippen molar-refractivity contribution in [2.45, 2.75) is 69.8 Å². The molecule has 27 heavy (non-hydrogen) atoms. The minimum atomic E-state index is -0.848. The summed E-state index contributed by atoms with van der Waals surface area (Å²) in [4.78, 5) is 0. The van der Waals surface area contributed by atoms with Gasteiger partial charge in [-0.2, -0.15) is 0 Å². The average Bonchev–Trinajstić information content (AvgIpc) is 2.92. The van der Waals surface area contributed by atoms with E-state index in [0.29, 0.717) is 30.1 Å². The Morgan fingerprint density at radius 2 is 2.11 bits per heavy atom. The van der Waals surface area contributed by atoms with Gasteiger partial charge < -0.3 is 14.7 Å². The van der Waals surface area contributed by atoms with E-state index in [2.05, 4.69) is 34.3 Å². The van der Waals surface area contributed by atoms with E-state index < -0.39 is 5.60 Å². The maximum atomic E-state index is 11.5. The van der Waals surface area contributed by atoms with E-state index in [9.17, 15) is 10.2 Å². The maximum Gasteiger partial charge on any atom is 0.131 e. The molecule has 6 atom stereocenters. The molecule has 2 saturated carbocycles. The van der Waals surface area contributed by atoms with E-state index >= 15 is 0 Å². The Bertz CT molecular complexity index is 767. The molecule has 2 N–H and O–H groups in total. The Hall–Kier alpha value is -1.07. The van der Waals surface area contributed by atoms with E-state index in [-0.39, 0.29) is 5.41 Å². The van der Waals surface area contributed by atoms with Crippen LogP contribution in [0.25, 0.3) is 0 Å². The lowest BCUT2D eigenvalue weighted by Crippen LogP contribution is -2.50. The third-order valence-corrected chi connectivity index (χ3v) is 7.96. The van der Waals surface area contributed by atoms with Crippen molar-refractivity contribution in [3.63, 3.8) is 0 Å². The quantitative estimate of drug-likeness (QED) is 0.455. The molecule has 0 amide bonds. The van der Waals surface area contributed by atoms with Gasteiger partial charge in [0.1, 0.15) is 11.4 Å². The lowest BCUT2D eigenvalue weighted by atomic mass is 9.53. The van der Waals surface area contributed by atoms with E-state index in [1.165, 1.54) is 11.1 Å². The zero-order valence-electron chi connectivity index (χ0n) is 16.2. The lowest BCUT2D eigenvalue weighted by Gasteiger charge is -2.52. The molecule has 0 heterocycles.